The van der Waals surface area contributed by atoms with Crippen molar-refractivity contribution >= 4 is 11.6 Å². The van der Waals surface area contributed by atoms with Crippen LogP contribution >= 0.6 is 0 Å². The zero-order valence-electron chi connectivity index (χ0n) is 18.5. The third-order valence-corrected chi connectivity index (χ3v) is 5.21. The fourth-order valence-corrected chi connectivity index (χ4v) is 3.39. The van der Waals surface area contributed by atoms with Crippen LogP contribution in [0.25, 0.3) is 16.8 Å². The van der Waals surface area contributed by atoms with Crippen LogP contribution in [0.3, 0.4) is 0 Å². The third-order valence-electron chi connectivity index (χ3n) is 5.21. The highest BCUT2D eigenvalue weighted by Crippen LogP contribution is 2.24. The van der Waals surface area contributed by atoms with Gasteiger partial charge in [0.2, 0.25) is 5.91 Å². The molecule has 7 nitrogen and oxygen atoms in total. The number of fused-ring (bicyclic) bond motifs is 1. The number of ether oxygens (including phenoxy) is 1. The Morgan fingerprint density at radius 1 is 1.09 bits per heavy atom. The quantitative estimate of drug-likeness (QED) is 0.430. The highest BCUT2D eigenvalue weighted by atomic mass is 19.1. The molecule has 3 N–H and O–H groups in total. The molecular formula is C25H26FN5O2. The molecule has 0 aliphatic carbocycles. The minimum atomic E-state index is -1.09. The largest absolute Gasteiger partial charge is 0.374 e. The fourth-order valence-electron chi connectivity index (χ4n) is 3.39. The van der Waals surface area contributed by atoms with Gasteiger partial charge in [0.05, 0.1) is 18.8 Å². The summed E-state index contributed by atoms with van der Waals surface area (Å²) in [5.41, 5.74) is 7.61. The first-order valence-corrected chi connectivity index (χ1v) is 10.6. The minimum absolute atomic E-state index is 0.154. The van der Waals surface area contributed by atoms with Crippen molar-refractivity contribution in [1.82, 2.24) is 19.9 Å². The molecule has 0 radical (unpaired) electrons. The Balaban J connectivity index is 1.66. The van der Waals surface area contributed by atoms with Crippen LogP contribution in [0, 0.1) is 5.82 Å². The molecule has 1 unspecified atom stereocenters. The van der Waals surface area contributed by atoms with E-state index in [4.69, 9.17) is 10.5 Å². The Morgan fingerprint density at radius 3 is 2.55 bits per heavy atom. The first kappa shape index (κ1) is 22.6. The van der Waals surface area contributed by atoms with E-state index in [-0.39, 0.29) is 18.3 Å². The van der Waals surface area contributed by atoms with Gasteiger partial charge in [-0.3, -0.25) is 9.20 Å². The molecule has 4 aromatic rings. The van der Waals surface area contributed by atoms with Crippen LogP contribution in [0.1, 0.15) is 31.3 Å². The predicted octanol–water partition coefficient (Wildman–Crippen LogP) is 3.65. The predicted molar refractivity (Wildman–Crippen MR) is 124 cm³/mol. The lowest BCUT2D eigenvalue weighted by atomic mass is 10.1. The summed E-state index contributed by atoms with van der Waals surface area (Å²) in [6, 6.07) is 19.2. The number of hydrogen-bond acceptors (Lipinski definition) is 5. The van der Waals surface area contributed by atoms with Crippen LogP contribution in [0.5, 0.6) is 0 Å². The van der Waals surface area contributed by atoms with E-state index < -0.39 is 11.6 Å². The third kappa shape index (κ3) is 5.24. The molecule has 4 rings (SSSR count). The normalized spacial score (nSPS) is 12.6. The summed E-state index contributed by atoms with van der Waals surface area (Å²) in [5, 5.41) is 11.4. The zero-order chi connectivity index (χ0) is 23.4. The van der Waals surface area contributed by atoms with Crippen LogP contribution < -0.4 is 11.1 Å². The molecule has 0 aliphatic heterocycles. The van der Waals surface area contributed by atoms with Crippen LogP contribution in [-0.4, -0.2) is 32.7 Å². The first-order chi connectivity index (χ1) is 15.8. The standard InChI is InChI=1S/C25H26FN5O2/c1-25(2,27)24(32)28-21(16-33-15-17-8-4-3-5-9-17)23-30-29-22-13-12-18(14-31(22)23)19-10-6-7-11-20(19)26/h3-14,21H,15-16,27H2,1-2H3,(H,28,32). The number of aromatic nitrogens is 3. The van der Waals surface area contributed by atoms with Gasteiger partial charge >= 0.3 is 0 Å². The molecule has 170 valence electrons. The van der Waals surface area contributed by atoms with Gasteiger partial charge in [0, 0.05) is 17.3 Å². The number of nitrogens with one attached hydrogen (secondary N) is 1. The van der Waals surface area contributed by atoms with Gasteiger partial charge in [0.15, 0.2) is 11.5 Å². The van der Waals surface area contributed by atoms with E-state index in [1.165, 1.54) is 6.07 Å². The molecule has 0 fully saturated rings. The Labute approximate surface area is 191 Å². The van der Waals surface area contributed by atoms with Crippen LogP contribution in [0.2, 0.25) is 0 Å². The lowest BCUT2D eigenvalue weighted by Crippen LogP contribution is -2.50. The average Bonchev–Trinajstić information content (AvgIpc) is 3.22. The van der Waals surface area contributed by atoms with E-state index in [0.717, 1.165) is 5.56 Å². The van der Waals surface area contributed by atoms with Crippen molar-refractivity contribution in [1.29, 1.82) is 0 Å². The molecule has 2 aromatic carbocycles. The summed E-state index contributed by atoms with van der Waals surface area (Å²) in [6.45, 7) is 3.78. The minimum Gasteiger partial charge on any atom is -0.374 e. The maximum absolute atomic E-state index is 14.4. The zero-order valence-corrected chi connectivity index (χ0v) is 18.5. The van der Waals surface area contributed by atoms with Gasteiger partial charge in [-0.15, -0.1) is 10.2 Å². The Morgan fingerprint density at radius 2 is 1.82 bits per heavy atom. The fraction of sp³-hybridized carbons (Fsp3) is 0.240. The Bertz CT molecular complexity index is 1250. The maximum Gasteiger partial charge on any atom is 0.240 e. The highest BCUT2D eigenvalue weighted by molar-refractivity contribution is 5.85. The molecule has 0 saturated heterocycles. The maximum atomic E-state index is 14.4. The number of carbonyl (C=O) groups excluding carboxylic acids is 1. The van der Waals surface area contributed by atoms with Crippen molar-refractivity contribution < 1.29 is 13.9 Å². The van der Waals surface area contributed by atoms with Gasteiger partial charge in [-0.25, -0.2) is 4.39 Å². The summed E-state index contributed by atoms with van der Waals surface area (Å²) >= 11 is 0. The van der Waals surface area contributed by atoms with Crippen molar-refractivity contribution in [2.75, 3.05) is 6.61 Å². The van der Waals surface area contributed by atoms with E-state index in [0.29, 0.717) is 29.2 Å². The van der Waals surface area contributed by atoms with E-state index in [1.807, 2.05) is 30.3 Å². The van der Waals surface area contributed by atoms with E-state index in [9.17, 15) is 9.18 Å². The Kier molecular flexibility index (Phi) is 6.48. The molecule has 0 bridgehead atoms. The smallest absolute Gasteiger partial charge is 0.240 e. The summed E-state index contributed by atoms with van der Waals surface area (Å²) in [6.07, 6.45) is 1.76. The number of halogens is 1. The Hall–Kier alpha value is -3.62. The van der Waals surface area contributed by atoms with Gasteiger partial charge in [-0.05, 0) is 37.6 Å². The van der Waals surface area contributed by atoms with E-state index in [2.05, 4.69) is 15.5 Å². The number of rotatable bonds is 8. The number of pyridine rings is 1. The summed E-state index contributed by atoms with van der Waals surface area (Å²) < 4.78 is 22.0. The number of carbonyl (C=O) groups is 1. The van der Waals surface area contributed by atoms with Gasteiger partial charge in [-0.1, -0.05) is 48.5 Å². The number of hydrogen-bond donors (Lipinski definition) is 2. The average molecular weight is 448 g/mol. The second-order valence-corrected chi connectivity index (χ2v) is 8.43. The van der Waals surface area contributed by atoms with E-state index >= 15 is 0 Å². The summed E-state index contributed by atoms with van der Waals surface area (Å²) in [5.74, 6) is -0.209. The summed E-state index contributed by atoms with van der Waals surface area (Å²) in [7, 11) is 0. The van der Waals surface area contributed by atoms with Crippen LogP contribution in [-0.2, 0) is 16.1 Å². The van der Waals surface area contributed by atoms with Gasteiger partial charge in [0.25, 0.3) is 0 Å². The van der Waals surface area contributed by atoms with Crippen LogP contribution in [0.4, 0.5) is 4.39 Å². The highest BCUT2D eigenvalue weighted by Gasteiger charge is 2.28. The molecule has 0 spiro atoms. The van der Waals surface area contributed by atoms with Crippen LogP contribution in [0.15, 0.2) is 72.9 Å². The molecule has 33 heavy (non-hydrogen) atoms. The van der Waals surface area contributed by atoms with Gasteiger partial charge < -0.3 is 15.8 Å². The van der Waals surface area contributed by atoms with Crippen molar-refractivity contribution in [2.24, 2.45) is 5.73 Å². The number of amides is 1. The molecular weight excluding hydrogens is 421 g/mol. The molecule has 2 heterocycles. The molecule has 0 aliphatic rings. The number of nitrogens with two attached hydrogens (primary N) is 1. The van der Waals surface area contributed by atoms with Gasteiger partial charge in [-0.2, -0.15) is 0 Å². The monoisotopic (exact) mass is 447 g/mol. The first-order valence-electron chi connectivity index (χ1n) is 10.6. The second kappa shape index (κ2) is 9.48. The van der Waals surface area contributed by atoms with Crippen molar-refractivity contribution in [3.8, 4) is 11.1 Å². The molecule has 1 atom stereocenters. The van der Waals surface area contributed by atoms with Crippen molar-refractivity contribution in [3.05, 3.63) is 90.1 Å². The summed E-state index contributed by atoms with van der Waals surface area (Å²) in [4.78, 5) is 12.7. The van der Waals surface area contributed by atoms with Crippen molar-refractivity contribution in [3.63, 3.8) is 0 Å². The topological polar surface area (TPSA) is 94.5 Å². The second-order valence-electron chi connectivity index (χ2n) is 8.43. The van der Waals surface area contributed by atoms with Crippen molar-refractivity contribution in [2.45, 2.75) is 32.0 Å². The SMILES string of the molecule is CC(C)(N)C(=O)NC(COCc1ccccc1)c1nnc2ccc(-c3ccccc3F)cn12. The molecule has 1 amide bonds. The van der Waals surface area contributed by atoms with Gasteiger partial charge in [0.1, 0.15) is 11.9 Å². The number of nitrogens with zero attached hydrogens (tertiary/aromatic N) is 3. The molecule has 0 saturated carbocycles. The number of benzene rings is 2. The lowest BCUT2D eigenvalue weighted by molar-refractivity contribution is -0.126. The van der Waals surface area contributed by atoms with E-state index in [1.54, 1.807) is 54.8 Å². The molecule has 8 heteroatoms. The lowest BCUT2D eigenvalue weighted by Gasteiger charge is -2.23. The molecule has 2 aromatic heterocycles.